The van der Waals surface area contributed by atoms with E-state index in [0.717, 1.165) is 17.1 Å². The molecule has 1 heteroatoms. The predicted octanol–water partition coefficient (Wildman–Crippen LogP) is 7.46. The van der Waals surface area contributed by atoms with Crippen molar-refractivity contribution < 1.29 is 0 Å². The molecule has 0 aliphatic carbocycles. The predicted molar refractivity (Wildman–Crippen MR) is 116 cm³/mol. The van der Waals surface area contributed by atoms with Crippen LogP contribution in [0.5, 0.6) is 0 Å². The Bertz CT molecular complexity index is 1150. The minimum absolute atomic E-state index is 1.16. The second-order valence-corrected chi connectivity index (χ2v) is 6.73. The van der Waals surface area contributed by atoms with Gasteiger partial charge in [0.2, 0.25) is 0 Å². The Kier molecular flexibility index (Phi) is 3.84. The lowest BCUT2D eigenvalue weighted by Crippen LogP contribution is -2.09. The first-order valence-electron chi connectivity index (χ1n) is 9.21. The van der Waals surface area contributed by atoms with Crippen LogP contribution in [0.1, 0.15) is 0 Å². The lowest BCUT2D eigenvalue weighted by molar-refractivity contribution is 1.29. The van der Waals surface area contributed by atoms with Gasteiger partial charge in [0.15, 0.2) is 0 Å². The topological polar surface area (TPSA) is 3.24 Å². The largest absolute Gasteiger partial charge is 0.310 e. The summed E-state index contributed by atoms with van der Waals surface area (Å²) >= 11 is 0. The Labute approximate surface area is 159 Å². The highest BCUT2D eigenvalue weighted by atomic mass is 15.1. The first kappa shape index (κ1) is 15.7. The number of para-hydroxylation sites is 1. The van der Waals surface area contributed by atoms with Gasteiger partial charge in [0.25, 0.3) is 0 Å². The number of nitrogens with zero attached hydrogens (tertiary/aromatic N) is 1. The van der Waals surface area contributed by atoms with E-state index in [1.54, 1.807) is 0 Å². The number of hydrogen-bond acceptors (Lipinski definition) is 1. The zero-order valence-electron chi connectivity index (χ0n) is 14.9. The zero-order valence-corrected chi connectivity index (χ0v) is 14.9. The van der Waals surface area contributed by atoms with Gasteiger partial charge in [-0.2, -0.15) is 0 Å². The van der Waals surface area contributed by atoms with Crippen molar-refractivity contribution in [2.24, 2.45) is 0 Å². The first-order chi connectivity index (χ1) is 13.4. The van der Waals surface area contributed by atoms with Crippen molar-refractivity contribution in [1.82, 2.24) is 0 Å². The van der Waals surface area contributed by atoms with Crippen LogP contribution in [-0.4, -0.2) is 0 Å². The molecule has 0 radical (unpaired) electrons. The molecule has 27 heavy (non-hydrogen) atoms. The maximum atomic E-state index is 2.32. The fourth-order valence-corrected chi connectivity index (χ4v) is 3.66. The van der Waals surface area contributed by atoms with Crippen LogP contribution in [0, 0.1) is 0 Å². The summed E-state index contributed by atoms with van der Waals surface area (Å²) in [6.07, 6.45) is 0. The van der Waals surface area contributed by atoms with E-state index in [4.69, 9.17) is 0 Å². The van der Waals surface area contributed by atoms with Gasteiger partial charge in [-0.05, 0) is 57.9 Å². The fraction of sp³-hybridized carbons (Fsp3) is 0. The summed E-state index contributed by atoms with van der Waals surface area (Å²) in [6.45, 7) is 0. The second-order valence-electron chi connectivity index (χ2n) is 6.73. The van der Waals surface area contributed by atoms with Gasteiger partial charge in [-0.1, -0.05) is 78.9 Å². The summed E-state index contributed by atoms with van der Waals surface area (Å²) in [7, 11) is 0. The summed E-state index contributed by atoms with van der Waals surface area (Å²) in [5, 5.41) is 5.01. The average molecular weight is 345 g/mol. The monoisotopic (exact) mass is 345 g/mol. The molecule has 0 heterocycles. The van der Waals surface area contributed by atoms with E-state index in [1.165, 1.54) is 21.5 Å². The van der Waals surface area contributed by atoms with E-state index < -0.39 is 0 Å². The summed E-state index contributed by atoms with van der Waals surface area (Å²) in [5.41, 5.74) is 3.48. The standard InChI is InChI=1S/C26H19N/c1-2-12-24(13-3-1)27(25-16-14-20-8-4-6-10-22(20)18-25)26-17-15-21-9-5-7-11-23(21)19-26/h1-19H. The van der Waals surface area contributed by atoms with Gasteiger partial charge in [-0.15, -0.1) is 0 Å². The van der Waals surface area contributed by atoms with Crippen molar-refractivity contribution in [2.45, 2.75) is 0 Å². The molecule has 0 bridgehead atoms. The summed E-state index contributed by atoms with van der Waals surface area (Å²) in [5.74, 6) is 0. The molecular weight excluding hydrogens is 326 g/mol. The lowest BCUT2D eigenvalue weighted by atomic mass is 10.1. The van der Waals surface area contributed by atoms with Gasteiger partial charge in [0, 0.05) is 17.1 Å². The molecule has 0 aromatic heterocycles. The molecule has 0 aliphatic rings. The maximum absolute atomic E-state index is 2.32. The number of fused-ring (bicyclic) bond motifs is 2. The van der Waals surface area contributed by atoms with E-state index in [-0.39, 0.29) is 0 Å². The third kappa shape index (κ3) is 2.94. The summed E-state index contributed by atoms with van der Waals surface area (Å²) in [4.78, 5) is 2.32. The molecule has 5 aromatic carbocycles. The van der Waals surface area contributed by atoms with Crippen molar-refractivity contribution >= 4 is 38.6 Å². The Hall–Kier alpha value is -3.58. The minimum Gasteiger partial charge on any atom is -0.310 e. The normalized spacial score (nSPS) is 11.0. The quantitative estimate of drug-likeness (QED) is 0.328. The molecule has 0 spiro atoms. The first-order valence-corrected chi connectivity index (χ1v) is 9.21. The van der Waals surface area contributed by atoms with Crippen molar-refractivity contribution in [3.05, 3.63) is 115 Å². The number of hydrogen-bond donors (Lipinski definition) is 0. The van der Waals surface area contributed by atoms with Gasteiger partial charge in [0.1, 0.15) is 0 Å². The van der Waals surface area contributed by atoms with Gasteiger partial charge in [0.05, 0.1) is 0 Å². The van der Waals surface area contributed by atoms with Crippen molar-refractivity contribution in [1.29, 1.82) is 0 Å². The van der Waals surface area contributed by atoms with Crippen molar-refractivity contribution in [3.8, 4) is 0 Å². The molecule has 0 saturated heterocycles. The molecular formula is C26H19N. The fourth-order valence-electron chi connectivity index (χ4n) is 3.66. The van der Waals surface area contributed by atoms with Crippen LogP contribution in [0.25, 0.3) is 21.5 Å². The lowest BCUT2D eigenvalue weighted by Gasteiger charge is -2.26. The van der Waals surface area contributed by atoms with Gasteiger partial charge < -0.3 is 4.90 Å². The van der Waals surface area contributed by atoms with Crippen LogP contribution in [-0.2, 0) is 0 Å². The van der Waals surface area contributed by atoms with Gasteiger partial charge in [-0.3, -0.25) is 0 Å². The highest BCUT2D eigenvalue weighted by Gasteiger charge is 2.13. The molecule has 1 nitrogen and oxygen atoms in total. The van der Waals surface area contributed by atoms with Crippen LogP contribution < -0.4 is 4.90 Å². The highest BCUT2D eigenvalue weighted by molar-refractivity contribution is 5.92. The van der Waals surface area contributed by atoms with Crippen LogP contribution in [0.3, 0.4) is 0 Å². The number of anilines is 3. The van der Waals surface area contributed by atoms with Crippen LogP contribution in [0.2, 0.25) is 0 Å². The van der Waals surface area contributed by atoms with Crippen LogP contribution in [0.4, 0.5) is 17.1 Å². The molecule has 0 atom stereocenters. The van der Waals surface area contributed by atoms with Crippen molar-refractivity contribution in [2.75, 3.05) is 4.90 Å². The summed E-state index contributed by atoms with van der Waals surface area (Å²) in [6, 6.07) is 40.9. The third-order valence-electron chi connectivity index (χ3n) is 5.00. The Morgan fingerprint density at radius 1 is 0.333 bits per heavy atom. The molecule has 0 unspecified atom stereocenters. The van der Waals surface area contributed by atoms with E-state index in [0.29, 0.717) is 0 Å². The van der Waals surface area contributed by atoms with E-state index in [2.05, 4.69) is 120 Å². The van der Waals surface area contributed by atoms with Gasteiger partial charge >= 0.3 is 0 Å². The van der Waals surface area contributed by atoms with E-state index in [1.807, 2.05) is 0 Å². The highest BCUT2D eigenvalue weighted by Crippen LogP contribution is 2.37. The molecule has 0 N–H and O–H groups in total. The molecule has 5 rings (SSSR count). The van der Waals surface area contributed by atoms with E-state index >= 15 is 0 Å². The molecule has 0 saturated carbocycles. The molecule has 0 fully saturated rings. The van der Waals surface area contributed by atoms with Crippen LogP contribution in [0.15, 0.2) is 115 Å². The Morgan fingerprint density at radius 2 is 0.778 bits per heavy atom. The number of benzene rings is 5. The van der Waals surface area contributed by atoms with Gasteiger partial charge in [-0.25, -0.2) is 0 Å². The minimum atomic E-state index is 1.16. The van der Waals surface area contributed by atoms with Crippen LogP contribution >= 0.6 is 0 Å². The molecule has 0 aliphatic heterocycles. The zero-order chi connectivity index (χ0) is 18.1. The number of rotatable bonds is 3. The molecule has 128 valence electrons. The molecule has 5 aromatic rings. The average Bonchev–Trinajstić information content (AvgIpc) is 2.74. The maximum Gasteiger partial charge on any atom is 0.0468 e. The third-order valence-corrected chi connectivity index (χ3v) is 5.00. The summed E-state index contributed by atoms with van der Waals surface area (Å²) < 4.78 is 0. The Balaban J connectivity index is 1.72. The second kappa shape index (κ2) is 6.62. The molecule has 0 amide bonds. The Morgan fingerprint density at radius 3 is 1.30 bits per heavy atom. The smallest absolute Gasteiger partial charge is 0.0468 e. The van der Waals surface area contributed by atoms with Crippen molar-refractivity contribution in [3.63, 3.8) is 0 Å². The van der Waals surface area contributed by atoms with E-state index in [9.17, 15) is 0 Å². The SMILES string of the molecule is c1ccc(N(c2ccc3ccccc3c2)c2ccc3ccccc3c2)cc1.